The van der Waals surface area contributed by atoms with Crippen molar-refractivity contribution in [3.63, 3.8) is 0 Å². The highest BCUT2D eigenvalue weighted by Gasteiger charge is 2.21. The number of aromatic amines is 1. The van der Waals surface area contributed by atoms with Crippen molar-refractivity contribution in [1.29, 1.82) is 0 Å². The van der Waals surface area contributed by atoms with Crippen molar-refractivity contribution in [1.82, 2.24) is 30.1 Å². The van der Waals surface area contributed by atoms with Crippen LogP contribution in [-0.2, 0) is 18.6 Å². The zero-order valence-corrected chi connectivity index (χ0v) is 17.3. The van der Waals surface area contributed by atoms with Gasteiger partial charge in [-0.3, -0.25) is 9.69 Å². The van der Waals surface area contributed by atoms with Gasteiger partial charge in [0.15, 0.2) is 5.82 Å². The number of hydrogen-bond donors (Lipinski definition) is 2. The second-order valence-corrected chi connectivity index (χ2v) is 7.92. The Morgan fingerprint density at radius 1 is 1.24 bits per heavy atom. The molecule has 9 heteroatoms. The van der Waals surface area contributed by atoms with Gasteiger partial charge in [0.05, 0.1) is 25.3 Å². The largest absolute Gasteiger partial charge is 0.494 e. The Kier molecular flexibility index (Phi) is 6.29. The molecule has 156 valence electrons. The van der Waals surface area contributed by atoms with Crippen molar-refractivity contribution in [2.45, 2.75) is 46.3 Å². The number of nitrogens with zero attached hydrogens (tertiary/aromatic N) is 5. The summed E-state index contributed by atoms with van der Waals surface area (Å²) in [5.74, 6) is 1.44. The second-order valence-electron chi connectivity index (χ2n) is 7.92. The van der Waals surface area contributed by atoms with Gasteiger partial charge in [0, 0.05) is 29.6 Å². The summed E-state index contributed by atoms with van der Waals surface area (Å²) in [6, 6.07) is 7.46. The molecule has 2 N–H and O–H groups in total. The smallest absolute Gasteiger partial charge is 0.252 e. The molecule has 0 spiro atoms. The van der Waals surface area contributed by atoms with E-state index in [1.807, 2.05) is 56.9 Å². The summed E-state index contributed by atoms with van der Waals surface area (Å²) in [4.78, 5) is 17.5. The summed E-state index contributed by atoms with van der Waals surface area (Å²) < 4.78 is 7.32. The van der Waals surface area contributed by atoms with Gasteiger partial charge >= 0.3 is 0 Å². The van der Waals surface area contributed by atoms with Crippen molar-refractivity contribution in [2.75, 3.05) is 19.8 Å². The van der Waals surface area contributed by atoms with Crippen molar-refractivity contribution >= 4 is 10.9 Å². The monoisotopic (exact) mass is 400 g/mol. The first-order chi connectivity index (χ1) is 13.8. The van der Waals surface area contributed by atoms with Crippen molar-refractivity contribution in [3.05, 3.63) is 46.0 Å². The van der Waals surface area contributed by atoms with Gasteiger partial charge in [0.25, 0.3) is 5.56 Å². The van der Waals surface area contributed by atoms with E-state index in [1.165, 1.54) is 0 Å². The van der Waals surface area contributed by atoms with Crippen molar-refractivity contribution in [3.8, 4) is 5.75 Å². The molecule has 0 saturated carbocycles. The molecule has 0 aliphatic carbocycles. The number of rotatable bonds is 8. The van der Waals surface area contributed by atoms with E-state index in [1.54, 1.807) is 4.68 Å². The molecule has 0 aliphatic rings. The highest BCUT2D eigenvalue weighted by atomic mass is 16.5. The van der Waals surface area contributed by atoms with Gasteiger partial charge in [-0.15, -0.1) is 5.10 Å². The molecule has 29 heavy (non-hydrogen) atoms. The zero-order valence-electron chi connectivity index (χ0n) is 17.3. The quantitative estimate of drug-likeness (QED) is 0.592. The van der Waals surface area contributed by atoms with Crippen LogP contribution >= 0.6 is 0 Å². The molecule has 0 amide bonds. The molecule has 2 aromatic heterocycles. The van der Waals surface area contributed by atoms with Crippen LogP contribution in [0, 0.1) is 0 Å². The van der Waals surface area contributed by atoms with E-state index in [4.69, 9.17) is 4.74 Å². The molecule has 1 aromatic carbocycles. The number of benzene rings is 1. The third-order valence-corrected chi connectivity index (χ3v) is 4.55. The fraction of sp³-hybridized carbons (Fsp3) is 0.500. The molecule has 9 nitrogen and oxygen atoms in total. The first-order valence-electron chi connectivity index (χ1n) is 9.71. The highest BCUT2D eigenvalue weighted by Crippen LogP contribution is 2.20. The minimum atomic E-state index is -0.264. The molecule has 0 bridgehead atoms. The Labute approximate surface area is 169 Å². The van der Waals surface area contributed by atoms with E-state index in [9.17, 15) is 9.90 Å². The van der Waals surface area contributed by atoms with Gasteiger partial charge in [-0.25, -0.2) is 4.68 Å². The summed E-state index contributed by atoms with van der Waals surface area (Å²) in [5.41, 5.74) is 0.946. The molecule has 0 radical (unpaired) electrons. The lowest BCUT2D eigenvalue weighted by atomic mass is 10.1. The summed E-state index contributed by atoms with van der Waals surface area (Å²) >= 11 is 0. The average Bonchev–Trinajstić information content (AvgIpc) is 3.12. The van der Waals surface area contributed by atoms with Gasteiger partial charge in [-0.1, -0.05) is 0 Å². The summed E-state index contributed by atoms with van der Waals surface area (Å²) in [6.45, 7) is 9.72. The number of tetrazole rings is 1. The second kappa shape index (κ2) is 8.71. The lowest BCUT2D eigenvalue weighted by Gasteiger charge is -2.24. The minimum absolute atomic E-state index is 0.0307. The number of aliphatic hydroxyl groups is 1. The number of aliphatic hydroxyl groups excluding tert-OH is 1. The molecule has 3 aromatic rings. The van der Waals surface area contributed by atoms with Crippen molar-refractivity contribution < 1.29 is 9.84 Å². The number of ether oxygens (including phenoxy) is 1. The van der Waals surface area contributed by atoms with E-state index in [0.717, 1.165) is 16.7 Å². The maximum absolute atomic E-state index is 12.6. The third-order valence-electron chi connectivity index (χ3n) is 4.55. The number of nitrogens with one attached hydrogen (secondary N) is 1. The van der Waals surface area contributed by atoms with Crippen LogP contribution in [-0.4, -0.2) is 55.0 Å². The van der Waals surface area contributed by atoms with Gasteiger partial charge < -0.3 is 14.8 Å². The van der Waals surface area contributed by atoms with Crippen LogP contribution in [0.1, 0.15) is 39.1 Å². The molecular weight excluding hydrogens is 372 g/mol. The third kappa shape index (κ3) is 4.99. The molecule has 2 heterocycles. The van der Waals surface area contributed by atoms with Crippen LogP contribution in [0.2, 0.25) is 0 Å². The SMILES string of the molecule is CCOc1ccc2[nH]c(=O)c(CN(CCO)Cc3nnnn3C(C)(C)C)cc2c1. The predicted molar refractivity (Wildman–Crippen MR) is 110 cm³/mol. The van der Waals surface area contributed by atoms with Crippen molar-refractivity contribution in [2.24, 2.45) is 0 Å². The van der Waals surface area contributed by atoms with E-state index in [0.29, 0.717) is 37.6 Å². The number of pyridine rings is 1. The fourth-order valence-corrected chi connectivity index (χ4v) is 3.23. The Balaban J connectivity index is 1.88. The lowest BCUT2D eigenvalue weighted by molar-refractivity contribution is 0.174. The summed E-state index contributed by atoms with van der Waals surface area (Å²) in [7, 11) is 0. The van der Waals surface area contributed by atoms with E-state index < -0.39 is 0 Å². The first-order valence-corrected chi connectivity index (χ1v) is 9.71. The topological polar surface area (TPSA) is 109 Å². The Morgan fingerprint density at radius 2 is 2.03 bits per heavy atom. The summed E-state index contributed by atoms with van der Waals surface area (Å²) in [6.07, 6.45) is 0. The van der Waals surface area contributed by atoms with Crippen LogP contribution < -0.4 is 10.3 Å². The van der Waals surface area contributed by atoms with Crippen LogP contribution in [0.5, 0.6) is 5.75 Å². The molecule has 0 saturated heterocycles. The Morgan fingerprint density at radius 3 is 2.72 bits per heavy atom. The lowest BCUT2D eigenvalue weighted by Crippen LogP contribution is -2.33. The molecule has 3 rings (SSSR count). The first kappa shape index (κ1) is 20.9. The molecule has 0 unspecified atom stereocenters. The van der Waals surface area contributed by atoms with E-state index in [2.05, 4.69) is 20.5 Å². The maximum atomic E-state index is 12.6. The normalized spacial score (nSPS) is 12.1. The number of hydrogen-bond acceptors (Lipinski definition) is 7. The summed E-state index contributed by atoms with van der Waals surface area (Å²) in [5, 5.41) is 22.4. The van der Waals surface area contributed by atoms with Gasteiger partial charge in [0.2, 0.25) is 0 Å². The predicted octanol–water partition coefficient (Wildman–Crippen LogP) is 1.66. The molecular formula is C20H28N6O3. The van der Waals surface area contributed by atoms with Crippen LogP contribution in [0.15, 0.2) is 29.1 Å². The maximum Gasteiger partial charge on any atom is 0.252 e. The minimum Gasteiger partial charge on any atom is -0.494 e. The molecule has 0 atom stereocenters. The van der Waals surface area contributed by atoms with Crippen LogP contribution in [0.3, 0.4) is 0 Å². The number of H-pyrrole nitrogens is 1. The van der Waals surface area contributed by atoms with Gasteiger partial charge in [-0.05, 0) is 62.4 Å². The standard InChI is InChI=1S/C20H28N6O3/c1-5-29-16-6-7-17-14(11-16)10-15(19(28)21-17)12-25(8-9-27)13-18-22-23-24-26(18)20(2,3)4/h6-7,10-11,27H,5,8-9,12-13H2,1-4H3,(H,21,28). The van der Waals surface area contributed by atoms with E-state index in [-0.39, 0.29) is 17.7 Å². The van der Waals surface area contributed by atoms with E-state index >= 15 is 0 Å². The fourth-order valence-electron chi connectivity index (χ4n) is 3.23. The average molecular weight is 400 g/mol. The molecule has 0 aliphatic heterocycles. The Bertz CT molecular complexity index is 1020. The highest BCUT2D eigenvalue weighted by molar-refractivity contribution is 5.80. The van der Waals surface area contributed by atoms with Gasteiger partial charge in [-0.2, -0.15) is 0 Å². The molecule has 0 fully saturated rings. The zero-order chi connectivity index (χ0) is 21.0. The number of aromatic nitrogens is 5. The van der Waals surface area contributed by atoms with Crippen LogP contribution in [0.4, 0.5) is 0 Å². The Hall–Kier alpha value is -2.78. The van der Waals surface area contributed by atoms with Crippen LogP contribution in [0.25, 0.3) is 10.9 Å². The van der Waals surface area contributed by atoms with Gasteiger partial charge in [0.1, 0.15) is 5.75 Å². The number of fused-ring (bicyclic) bond motifs is 1.